The van der Waals surface area contributed by atoms with Crippen LogP contribution in [0.25, 0.3) is 10.9 Å². The molecule has 1 aromatic carbocycles. The predicted molar refractivity (Wildman–Crippen MR) is 114 cm³/mol. The summed E-state index contributed by atoms with van der Waals surface area (Å²) in [5, 5.41) is 4.06. The lowest BCUT2D eigenvalue weighted by molar-refractivity contribution is -0.123. The van der Waals surface area contributed by atoms with Crippen molar-refractivity contribution < 1.29 is 4.79 Å². The largest absolute Gasteiger partial charge is 0.338 e. The van der Waals surface area contributed by atoms with Crippen LogP contribution in [0.15, 0.2) is 58.4 Å². The van der Waals surface area contributed by atoms with E-state index in [0.29, 0.717) is 0 Å². The van der Waals surface area contributed by atoms with Gasteiger partial charge in [0.2, 0.25) is 5.91 Å². The van der Waals surface area contributed by atoms with Crippen molar-refractivity contribution in [2.24, 2.45) is 0 Å². The first kappa shape index (κ1) is 19.6. The Morgan fingerprint density at radius 3 is 2.77 bits per heavy atom. The normalized spacial score (nSPS) is 15.2. The molecule has 1 saturated carbocycles. The quantitative estimate of drug-likeness (QED) is 0.655. The second kappa shape index (κ2) is 8.37. The maximum Gasteiger partial charge on any atom is 0.328 e. The number of benzene rings is 1. The highest BCUT2D eigenvalue weighted by Crippen LogP contribution is 2.28. The third-order valence-corrected chi connectivity index (χ3v) is 5.33. The summed E-state index contributed by atoms with van der Waals surface area (Å²) in [6, 6.07) is 11.1. The Kier molecular flexibility index (Phi) is 5.48. The van der Waals surface area contributed by atoms with Gasteiger partial charge >= 0.3 is 5.69 Å². The van der Waals surface area contributed by atoms with E-state index in [4.69, 9.17) is 0 Å². The van der Waals surface area contributed by atoms with Crippen molar-refractivity contribution in [3.63, 3.8) is 0 Å². The van der Waals surface area contributed by atoms with Gasteiger partial charge in [0.05, 0.1) is 5.52 Å². The van der Waals surface area contributed by atoms with Crippen LogP contribution in [0.5, 0.6) is 0 Å². The number of pyridine rings is 1. The number of rotatable bonds is 3. The van der Waals surface area contributed by atoms with Crippen molar-refractivity contribution in [2.75, 3.05) is 0 Å². The highest BCUT2D eigenvalue weighted by atomic mass is 16.2. The van der Waals surface area contributed by atoms with Gasteiger partial charge in [-0.15, -0.1) is 0 Å². The number of hydrogen-bond acceptors (Lipinski definition) is 4. The molecule has 1 aliphatic carbocycles. The summed E-state index contributed by atoms with van der Waals surface area (Å²) in [6.45, 7) is -0.170. The van der Waals surface area contributed by atoms with Gasteiger partial charge in [-0.1, -0.05) is 49.3 Å². The second-order valence-corrected chi connectivity index (χ2v) is 7.60. The predicted octanol–water partition coefficient (Wildman–Crippen LogP) is 1.96. The average Bonchev–Trinajstić information content (AvgIpc) is 2.75. The Balaban J connectivity index is 1.56. The monoisotopic (exact) mass is 402 g/mol. The lowest BCUT2D eigenvalue weighted by Gasteiger charge is -2.33. The fourth-order valence-electron chi connectivity index (χ4n) is 3.80. The van der Waals surface area contributed by atoms with Crippen LogP contribution in [0.2, 0.25) is 0 Å². The molecule has 2 aromatic heterocycles. The lowest BCUT2D eigenvalue weighted by atomic mass is 9.82. The minimum absolute atomic E-state index is 0.170. The van der Waals surface area contributed by atoms with Gasteiger partial charge in [-0.05, 0) is 25.0 Å². The molecule has 7 nitrogen and oxygen atoms in total. The van der Waals surface area contributed by atoms with Gasteiger partial charge in [0, 0.05) is 29.4 Å². The molecule has 0 bridgehead atoms. The number of para-hydroxylation sites is 1. The number of fused-ring (bicyclic) bond motifs is 1. The van der Waals surface area contributed by atoms with Crippen LogP contribution in [-0.2, 0) is 11.3 Å². The number of nitrogens with zero attached hydrogens (tertiary/aromatic N) is 2. The summed E-state index contributed by atoms with van der Waals surface area (Å²) < 4.78 is 1.17. The van der Waals surface area contributed by atoms with E-state index in [2.05, 4.69) is 27.1 Å². The zero-order valence-corrected chi connectivity index (χ0v) is 16.5. The maximum atomic E-state index is 12.7. The van der Waals surface area contributed by atoms with Crippen LogP contribution in [0, 0.1) is 11.8 Å². The van der Waals surface area contributed by atoms with E-state index in [9.17, 15) is 14.4 Å². The number of carbonyl (C=O) groups is 1. The first-order valence-corrected chi connectivity index (χ1v) is 10.0. The lowest BCUT2D eigenvalue weighted by Crippen LogP contribution is -2.50. The third-order valence-electron chi connectivity index (χ3n) is 5.33. The zero-order chi connectivity index (χ0) is 21.0. The van der Waals surface area contributed by atoms with Gasteiger partial charge < -0.3 is 5.32 Å². The van der Waals surface area contributed by atoms with Crippen LogP contribution in [0.3, 0.4) is 0 Å². The standard InChI is InChI=1S/C23H22N4O3/c28-20-9-13-27(22(30)25-20)16-21(29)26-23(10-4-1-5-11-23)12-8-17-14-18-6-2-3-7-19(18)24-15-17/h2-3,6-7,9,13-15H,1,4-5,10-11,16H2,(H,26,29)(H,25,28,30). The number of hydrogen-bond donors (Lipinski definition) is 2. The summed E-state index contributed by atoms with van der Waals surface area (Å²) in [5.74, 6) is 6.17. The van der Waals surface area contributed by atoms with Crippen molar-refractivity contribution in [1.82, 2.24) is 19.9 Å². The van der Waals surface area contributed by atoms with Crippen LogP contribution in [0.4, 0.5) is 0 Å². The molecule has 2 heterocycles. The van der Waals surface area contributed by atoms with Crippen LogP contribution < -0.4 is 16.6 Å². The first-order chi connectivity index (χ1) is 14.5. The number of aromatic amines is 1. The molecule has 0 atom stereocenters. The van der Waals surface area contributed by atoms with Crippen molar-refractivity contribution >= 4 is 16.8 Å². The molecule has 1 aliphatic rings. The molecule has 0 radical (unpaired) electrons. The van der Waals surface area contributed by atoms with E-state index >= 15 is 0 Å². The Labute approximate surface area is 173 Å². The molecule has 4 rings (SSSR count). The number of nitrogens with one attached hydrogen (secondary N) is 2. The van der Waals surface area contributed by atoms with Gasteiger partial charge in [-0.25, -0.2) is 4.79 Å². The highest BCUT2D eigenvalue weighted by Gasteiger charge is 2.31. The number of H-pyrrole nitrogens is 1. The molecule has 7 heteroatoms. The van der Waals surface area contributed by atoms with E-state index in [1.165, 1.54) is 16.8 Å². The van der Waals surface area contributed by atoms with Gasteiger partial charge in [0.1, 0.15) is 12.1 Å². The second-order valence-electron chi connectivity index (χ2n) is 7.60. The van der Waals surface area contributed by atoms with Gasteiger partial charge in [0.25, 0.3) is 5.56 Å². The van der Waals surface area contributed by atoms with Crippen molar-refractivity contribution in [2.45, 2.75) is 44.2 Å². The van der Waals surface area contributed by atoms with Gasteiger partial charge in [-0.3, -0.25) is 24.1 Å². The van der Waals surface area contributed by atoms with Gasteiger partial charge in [-0.2, -0.15) is 0 Å². The molecule has 0 saturated heterocycles. The Bertz CT molecular complexity index is 1260. The van der Waals surface area contributed by atoms with Crippen LogP contribution >= 0.6 is 0 Å². The minimum atomic E-state index is -0.632. The Morgan fingerprint density at radius 1 is 1.17 bits per heavy atom. The fourth-order valence-corrected chi connectivity index (χ4v) is 3.80. The summed E-state index contributed by atoms with van der Waals surface area (Å²) in [6.07, 6.45) is 7.64. The summed E-state index contributed by atoms with van der Waals surface area (Å²) in [5.41, 5.74) is -0.0222. The molecular weight excluding hydrogens is 380 g/mol. The van der Waals surface area contributed by atoms with E-state index in [1.807, 2.05) is 30.3 Å². The van der Waals surface area contributed by atoms with Crippen molar-refractivity contribution in [1.29, 1.82) is 0 Å². The molecule has 3 aromatic rings. The molecule has 1 amide bonds. The van der Waals surface area contributed by atoms with Crippen LogP contribution in [0.1, 0.15) is 37.7 Å². The third kappa shape index (κ3) is 4.49. The van der Waals surface area contributed by atoms with Crippen molar-refractivity contribution in [3.05, 3.63) is 75.2 Å². The molecule has 152 valence electrons. The molecular formula is C23H22N4O3. The molecule has 1 fully saturated rings. The van der Waals surface area contributed by atoms with E-state index in [0.717, 1.165) is 48.6 Å². The molecule has 0 aliphatic heterocycles. The van der Waals surface area contributed by atoms with E-state index < -0.39 is 16.8 Å². The molecule has 0 unspecified atom stereocenters. The fraction of sp³-hybridized carbons (Fsp3) is 0.304. The van der Waals surface area contributed by atoms with Crippen LogP contribution in [-0.4, -0.2) is 26.0 Å². The highest BCUT2D eigenvalue weighted by molar-refractivity contribution is 5.80. The smallest absolute Gasteiger partial charge is 0.328 e. The molecule has 2 N–H and O–H groups in total. The Hall–Kier alpha value is -3.66. The number of amides is 1. The minimum Gasteiger partial charge on any atom is -0.338 e. The van der Waals surface area contributed by atoms with Gasteiger partial charge in [0.15, 0.2) is 0 Å². The summed E-state index contributed by atoms with van der Waals surface area (Å²) in [7, 11) is 0. The molecule has 0 spiro atoms. The summed E-state index contributed by atoms with van der Waals surface area (Å²) >= 11 is 0. The Morgan fingerprint density at radius 2 is 1.97 bits per heavy atom. The van der Waals surface area contributed by atoms with Crippen molar-refractivity contribution in [3.8, 4) is 11.8 Å². The number of carbonyl (C=O) groups excluding carboxylic acids is 1. The van der Waals surface area contributed by atoms with E-state index in [1.54, 1.807) is 6.20 Å². The summed E-state index contributed by atoms with van der Waals surface area (Å²) in [4.78, 5) is 42.3. The zero-order valence-electron chi connectivity index (χ0n) is 16.5. The SMILES string of the molecule is O=C(Cn1ccc(=O)[nH]c1=O)NC1(C#Cc2cnc3ccccc3c2)CCCCC1. The number of aromatic nitrogens is 3. The topological polar surface area (TPSA) is 96.9 Å². The van der Waals surface area contributed by atoms with E-state index in [-0.39, 0.29) is 12.5 Å². The maximum absolute atomic E-state index is 12.7. The first-order valence-electron chi connectivity index (χ1n) is 10.0. The average molecular weight is 402 g/mol. The molecule has 30 heavy (non-hydrogen) atoms.